The summed E-state index contributed by atoms with van der Waals surface area (Å²) in [5.41, 5.74) is 5.07. The molecule has 18 heavy (non-hydrogen) atoms. The van der Waals surface area contributed by atoms with E-state index in [9.17, 15) is 9.59 Å². The summed E-state index contributed by atoms with van der Waals surface area (Å²) < 4.78 is 5.18. The monoisotopic (exact) mass is 258 g/mol. The van der Waals surface area contributed by atoms with Crippen LogP contribution in [-0.2, 0) is 14.3 Å². The molecule has 1 atom stereocenters. The first-order valence-electron chi connectivity index (χ1n) is 6.80. The molecule has 0 bridgehead atoms. The van der Waals surface area contributed by atoms with Crippen LogP contribution in [0, 0.1) is 0 Å². The van der Waals surface area contributed by atoms with Crippen LogP contribution in [0.25, 0.3) is 0 Å². The largest absolute Gasteiger partial charge is 0.465 e. The third-order valence-corrected chi connectivity index (χ3v) is 2.66. The number of ether oxygens (including phenoxy) is 1. The van der Waals surface area contributed by atoms with Crippen LogP contribution in [-0.4, -0.2) is 31.1 Å². The normalized spacial score (nSPS) is 12.1. The van der Waals surface area contributed by atoms with Crippen molar-refractivity contribution in [3.8, 4) is 0 Å². The van der Waals surface area contributed by atoms with Crippen molar-refractivity contribution in [2.24, 2.45) is 5.73 Å². The fourth-order valence-corrected chi connectivity index (χ4v) is 1.64. The average molecular weight is 258 g/mol. The molecule has 0 aliphatic heterocycles. The Morgan fingerprint density at radius 2 is 1.94 bits per heavy atom. The maximum Gasteiger partial charge on any atom is 0.323 e. The molecule has 106 valence electrons. The predicted molar refractivity (Wildman–Crippen MR) is 71.0 cm³/mol. The molecular weight excluding hydrogens is 232 g/mol. The molecule has 0 saturated heterocycles. The lowest BCUT2D eigenvalue weighted by Crippen LogP contribution is -2.38. The molecule has 0 aliphatic rings. The Hall–Kier alpha value is -1.10. The van der Waals surface area contributed by atoms with Crippen molar-refractivity contribution >= 4 is 11.9 Å². The number of rotatable bonds is 11. The molecule has 3 N–H and O–H groups in total. The molecule has 0 saturated carbocycles. The Labute approximate surface area is 109 Å². The number of likely N-dealkylation sites (N-methyl/N-ethyl adjacent to an activating group) is 1. The van der Waals surface area contributed by atoms with Crippen molar-refractivity contribution in [2.45, 2.75) is 58.4 Å². The summed E-state index contributed by atoms with van der Waals surface area (Å²) in [5, 5.41) is 3.01. The lowest BCUT2D eigenvalue weighted by Gasteiger charge is -2.15. The Bertz CT molecular complexity index is 244. The van der Waals surface area contributed by atoms with Gasteiger partial charge in [-0.2, -0.15) is 0 Å². The molecule has 0 aromatic rings. The summed E-state index contributed by atoms with van der Waals surface area (Å²) in [5.74, 6) is -0.678. The number of nitrogens with one attached hydrogen (secondary N) is 1. The van der Waals surface area contributed by atoms with Gasteiger partial charge in [0.25, 0.3) is 0 Å². The van der Waals surface area contributed by atoms with E-state index in [1.807, 2.05) is 6.92 Å². The number of unbranched alkanes of at least 4 members (excludes halogenated alkanes) is 3. The predicted octanol–water partition coefficient (Wildman–Crippen LogP) is 1.35. The zero-order valence-corrected chi connectivity index (χ0v) is 11.5. The Morgan fingerprint density at radius 1 is 1.22 bits per heavy atom. The number of hydrogen-bond acceptors (Lipinski definition) is 4. The average Bonchev–Trinajstić information content (AvgIpc) is 2.33. The molecule has 0 aliphatic carbocycles. The van der Waals surface area contributed by atoms with Gasteiger partial charge in [-0.25, -0.2) is 0 Å². The van der Waals surface area contributed by atoms with Gasteiger partial charge in [0.2, 0.25) is 5.91 Å². The number of nitrogens with two attached hydrogens (primary N) is 1. The van der Waals surface area contributed by atoms with Gasteiger partial charge in [0, 0.05) is 6.42 Å². The van der Waals surface area contributed by atoms with Crippen molar-refractivity contribution < 1.29 is 14.3 Å². The van der Waals surface area contributed by atoms with E-state index in [0.29, 0.717) is 19.6 Å². The van der Waals surface area contributed by atoms with Crippen LogP contribution in [0.15, 0.2) is 0 Å². The van der Waals surface area contributed by atoms with E-state index in [1.165, 1.54) is 0 Å². The first-order valence-corrected chi connectivity index (χ1v) is 6.80. The Morgan fingerprint density at radius 3 is 2.50 bits per heavy atom. The maximum atomic E-state index is 11.7. The van der Waals surface area contributed by atoms with Gasteiger partial charge in [-0.15, -0.1) is 0 Å². The van der Waals surface area contributed by atoms with Gasteiger partial charge < -0.3 is 15.8 Å². The van der Waals surface area contributed by atoms with E-state index in [-0.39, 0.29) is 12.4 Å². The fourth-order valence-electron chi connectivity index (χ4n) is 1.64. The van der Waals surface area contributed by atoms with Crippen molar-refractivity contribution in [1.82, 2.24) is 5.32 Å². The molecule has 0 aromatic carbocycles. The number of amides is 1. The van der Waals surface area contributed by atoms with Crippen molar-refractivity contribution in [3.63, 3.8) is 0 Å². The minimum Gasteiger partial charge on any atom is -0.465 e. The summed E-state index contributed by atoms with van der Waals surface area (Å²) >= 11 is 0. The van der Waals surface area contributed by atoms with Gasteiger partial charge in [0.05, 0.1) is 6.61 Å². The molecule has 1 amide bonds. The van der Waals surface area contributed by atoms with E-state index < -0.39 is 11.9 Å². The standard InChI is InChI=1S/C13H26N2O3/c1-3-5-6-7-10-18-13(17)11(15-4-2)8-9-12(14)16/h11,15H,3-10H2,1-2H3,(H2,14,16)/t11-/m0/s1. The van der Waals surface area contributed by atoms with Gasteiger partial charge >= 0.3 is 5.97 Å². The third-order valence-electron chi connectivity index (χ3n) is 2.66. The van der Waals surface area contributed by atoms with Crippen molar-refractivity contribution in [3.05, 3.63) is 0 Å². The Kier molecular flexibility index (Phi) is 10.3. The molecule has 5 heteroatoms. The highest BCUT2D eigenvalue weighted by molar-refractivity contribution is 5.78. The molecular formula is C13H26N2O3. The second-order valence-electron chi connectivity index (χ2n) is 4.34. The molecule has 0 radical (unpaired) electrons. The molecule has 0 unspecified atom stereocenters. The highest BCUT2D eigenvalue weighted by atomic mass is 16.5. The second-order valence-corrected chi connectivity index (χ2v) is 4.34. The van der Waals surface area contributed by atoms with E-state index in [4.69, 9.17) is 10.5 Å². The summed E-state index contributed by atoms with van der Waals surface area (Å²) in [4.78, 5) is 22.4. The maximum absolute atomic E-state index is 11.7. The van der Waals surface area contributed by atoms with E-state index in [1.54, 1.807) is 0 Å². The highest BCUT2D eigenvalue weighted by Gasteiger charge is 2.19. The molecule has 0 heterocycles. The third kappa shape index (κ3) is 8.98. The van der Waals surface area contributed by atoms with Crippen LogP contribution >= 0.6 is 0 Å². The Balaban J connectivity index is 3.86. The lowest BCUT2D eigenvalue weighted by atomic mass is 10.1. The molecule has 0 spiro atoms. The second kappa shape index (κ2) is 11.0. The first kappa shape index (κ1) is 16.9. The minimum atomic E-state index is -0.423. The molecule has 0 fully saturated rings. The molecule has 0 rings (SSSR count). The van der Waals surface area contributed by atoms with Gasteiger partial charge in [-0.1, -0.05) is 33.1 Å². The number of hydrogen-bond donors (Lipinski definition) is 2. The van der Waals surface area contributed by atoms with Gasteiger partial charge in [0.1, 0.15) is 6.04 Å². The van der Waals surface area contributed by atoms with Crippen LogP contribution < -0.4 is 11.1 Å². The number of carbonyl (C=O) groups excluding carboxylic acids is 2. The zero-order valence-electron chi connectivity index (χ0n) is 11.5. The molecule has 0 aromatic heterocycles. The number of carbonyl (C=O) groups is 2. The lowest BCUT2D eigenvalue weighted by molar-refractivity contribution is -0.146. The van der Waals surface area contributed by atoms with E-state index in [2.05, 4.69) is 12.2 Å². The summed E-state index contributed by atoms with van der Waals surface area (Å²) in [6.07, 6.45) is 4.90. The van der Waals surface area contributed by atoms with Gasteiger partial charge in [-0.3, -0.25) is 9.59 Å². The highest BCUT2D eigenvalue weighted by Crippen LogP contribution is 2.03. The van der Waals surface area contributed by atoms with Gasteiger partial charge in [-0.05, 0) is 19.4 Å². The van der Waals surface area contributed by atoms with Crippen molar-refractivity contribution in [1.29, 1.82) is 0 Å². The zero-order chi connectivity index (χ0) is 13.8. The van der Waals surface area contributed by atoms with Crippen molar-refractivity contribution in [2.75, 3.05) is 13.2 Å². The number of primary amides is 1. The van der Waals surface area contributed by atoms with Crippen LogP contribution in [0.3, 0.4) is 0 Å². The van der Waals surface area contributed by atoms with Crippen LogP contribution in [0.1, 0.15) is 52.4 Å². The van der Waals surface area contributed by atoms with Gasteiger partial charge in [0.15, 0.2) is 0 Å². The summed E-state index contributed by atoms with van der Waals surface area (Å²) in [7, 11) is 0. The van der Waals surface area contributed by atoms with E-state index in [0.717, 1.165) is 25.7 Å². The van der Waals surface area contributed by atoms with Crippen LogP contribution in [0.2, 0.25) is 0 Å². The fraction of sp³-hybridized carbons (Fsp3) is 0.846. The number of esters is 1. The topological polar surface area (TPSA) is 81.4 Å². The smallest absolute Gasteiger partial charge is 0.323 e. The van der Waals surface area contributed by atoms with E-state index >= 15 is 0 Å². The summed E-state index contributed by atoms with van der Waals surface area (Å²) in [6, 6.07) is -0.423. The first-order chi connectivity index (χ1) is 8.61. The summed E-state index contributed by atoms with van der Waals surface area (Å²) in [6.45, 7) is 5.16. The van der Waals surface area contributed by atoms with Crippen LogP contribution in [0.4, 0.5) is 0 Å². The molecule has 5 nitrogen and oxygen atoms in total. The quantitative estimate of drug-likeness (QED) is 0.433. The SMILES string of the molecule is CCCCCCOC(=O)[C@H](CCC(N)=O)NCC. The minimum absolute atomic E-state index is 0.197. The van der Waals surface area contributed by atoms with Crippen LogP contribution in [0.5, 0.6) is 0 Å².